The minimum atomic E-state index is -0.558. The molecule has 1 amide bonds. The number of carbonyl (C=O) groups excluding carboxylic acids is 1. The van der Waals surface area contributed by atoms with Crippen LogP contribution in [-0.4, -0.2) is 40.2 Å². The van der Waals surface area contributed by atoms with Crippen molar-refractivity contribution in [3.8, 4) is 0 Å². The summed E-state index contributed by atoms with van der Waals surface area (Å²) in [6.07, 6.45) is 1.96. The smallest absolute Gasteiger partial charge is 0.274 e. The van der Waals surface area contributed by atoms with Crippen LogP contribution in [-0.2, 0) is 11.2 Å². The van der Waals surface area contributed by atoms with E-state index in [1.165, 1.54) is 12.1 Å². The molecule has 0 radical (unpaired) electrons. The third-order valence-electron chi connectivity index (χ3n) is 5.57. The van der Waals surface area contributed by atoms with Crippen molar-refractivity contribution in [2.24, 2.45) is 0 Å². The van der Waals surface area contributed by atoms with Gasteiger partial charge < -0.3 is 9.64 Å². The minimum absolute atomic E-state index is 0.0465. The van der Waals surface area contributed by atoms with Gasteiger partial charge in [0.1, 0.15) is 11.6 Å². The Balaban J connectivity index is 1.47. The molecule has 144 valence electrons. The van der Waals surface area contributed by atoms with Gasteiger partial charge in [-0.05, 0) is 50.3 Å². The van der Waals surface area contributed by atoms with Crippen LogP contribution in [0.25, 0.3) is 0 Å². The van der Waals surface area contributed by atoms with Crippen LogP contribution in [0.4, 0.5) is 8.78 Å². The second-order valence-corrected chi connectivity index (χ2v) is 7.53. The van der Waals surface area contributed by atoms with E-state index >= 15 is 0 Å². The first-order valence-electron chi connectivity index (χ1n) is 9.40. The second kappa shape index (κ2) is 7.03. The van der Waals surface area contributed by atoms with Gasteiger partial charge in [0.15, 0.2) is 5.69 Å². The van der Waals surface area contributed by atoms with Gasteiger partial charge in [-0.3, -0.25) is 9.89 Å². The molecular weight excluding hydrogens is 352 g/mol. The molecule has 2 aliphatic rings. The van der Waals surface area contributed by atoms with E-state index < -0.39 is 11.6 Å². The molecule has 0 saturated carbocycles. The molecule has 5 nitrogen and oxygen atoms in total. The number of piperidine rings is 1. The van der Waals surface area contributed by atoms with Crippen LogP contribution in [0, 0.1) is 11.6 Å². The fourth-order valence-corrected chi connectivity index (χ4v) is 4.23. The van der Waals surface area contributed by atoms with Crippen molar-refractivity contribution >= 4 is 5.91 Å². The molecular formula is C20H23F2N3O2. The largest absolute Gasteiger partial charge is 0.369 e. The first-order valence-corrected chi connectivity index (χ1v) is 9.40. The van der Waals surface area contributed by atoms with Gasteiger partial charge in [0.25, 0.3) is 5.91 Å². The van der Waals surface area contributed by atoms with E-state index in [1.807, 2.05) is 13.8 Å². The van der Waals surface area contributed by atoms with Crippen LogP contribution in [0.3, 0.4) is 0 Å². The van der Waals surface area contributed by atoms with Crippen molar-refractivity contribution in [2.75, 3.05) is 13.1 Å². The Labute approximate surface area is 156 Å². The Morgan fingerprint density at radius 3 is 2.52 bits per heavy atom. The highest BCUT2D eigenvalue weighted by Gasteiger charge is 2.33. The number of aromatic amines is 1. The summed E-state index contributed by atoms with van der Waals surface area (Å²) in [6.45, 7) is 5.03. The summed E-state index contributed by atoms with van der Waals surface area (Å²) in [5.41, 5.74) is 2.96. The summed E-state index contributed by atoms with van der Waals surface area (Å²) in [6, 6.07) is 3.66. The number of halogens is 2. The van der Waals surface area contributed by atoms with Crippen molar-refractivity contribution in [3.05, 3.63) is 52.3 Å². The predicted octanol–water partition coefficient (Wildman–Crippen LogP) is 3.73. The molecule has 0 bridgehead atoms. The highest BCUT2D eigenvalue weighted by molar-refractivity contribution is 5.94. The zero-order valence-electron chi connectivity index (χ0n) is 15.5. The lowest BCUT2D eigenvalue weighted by molar-refractivity contribution is -0.00703. The number of H-pyrrole nitrogens is 1. The van der Waals surface area contributed by atoms with Gasteiger partial charge in [-0.15, -0.1) is 0 Å². The van der Waals surface area contributed by atoms with Crippen LogP contribution in [0.2, 0.25) is 0 Å². The summed E-state index contributed by atoms with van der Waals surface area (Å²) in [4.78, 5) is 14.8. The number of ether oxygens (including phenoxy) is 1. The molecule has 0 unspecified atom stereocenters. The first-order chi connectivity index (χ1) is 12.9. The van der Waals surface area contributed by atoms with Gasteiger partial charge in [0.05, 0.1) is 17.9 Å². The van der Waals surface area contributed by atoms with E-state index in [1.54, 1.807) is 4.90 Å². The van der Waals surface area contributed by atoms with Crippen LogP contribution in [0.15, 0.2) is 18.2 Å². The standard InChI is InChI=1S/C20H23F2N3O2/c1-11-7-17-18(12(2)27-11)23-24-19(17)20(26)25-5-3-13(4-6-25)14-8-15(21)10-16(22)9-14/h8-13H,3-7H2,1-2H3,(H,23,24)/t11-,12+/m1/s1. The lowest BCUT2D eigenvalue weighted by atomic mass is 9.89. The van der Waals surface area contributed by atoms with Crippen LogP contribution in [0.5, 0.6) is 0 Å². The monoisotopic (exact) mass is 375 g/mol. The number of benzene rings is 1. The molecule has 4 rings (SSSR count). The van der Waals surface area contributed by atoms with Gasteiger partial charge in [0.2, 0.25) is 0 Å². The molecule has 0 spiro atoms. The van der Waals surface area contributed by atoms with Gasteiger partial charge >= 0.3 is 0 Å². The van der Waals surface area contributed by atoms with Crippen LogP contribution in [0.1, 0.15) is 66.0 Å². The fraction of sp³-hybridized carbons (Fsp3) is 0.500. The topological polar surface area (TPSA) is 58.2 Å². The molecule has 2 aromatic rings. The summed E-state index contributed by atoms with van der Waals surface area (Å²) < 4.78 is 32.7. The zero-order valence-corrected chi connectivity index (χ0v) is 15.5. The number of amides is 1. The highest BCUT2D eigenvalue weighted by atomic mass is 19.1. The van der Waals surface area contributed by atoms with E-state index in [4.69, 9.17) is 4.74 Å². The number of hydrogen-bond acceptors (Lipinski definition) is 3. The Morgan fingerprint density at radius 2 is 1.85 bits per heavy atom. The number of nitrogens with one attached hydrogen (secondary N) is 1. The SMILES string of the molecule is C[C@@H]1Cc2c(C(=O)N3CCC(c4cc(F)cc(F)c4)CC3)n[nH]c2[C@H](C)O1. The first kappa shape index (κ1) is 18.1. The molecule has 0 aliphatic carbocycles. The molecule has 3 heterocycles. The maximum atomic E-state index is 13.5. The van der Waals surface area contributed by atoms with Crippen molar-refractivity contribution in [1.29, 1.82) is 0 Å². The quantitative estimate of drug-likeness (QED) is 0.870. The van der Waals surface area contributed by atoms with E-state index in [0.717, 1.165) is 17.3 Å². The van der Waals surface area contributed by atoms with Crippen molar-refractivity contribution in [1.82, 2.24) is 15.1 Å². The molecule has 27 heavy (non-hydrogen) atoms. The number of carbonyl (C=O) groups is 1. The van der Waals surface area contributed by atoms with E-state index in [-0.39, 0.29) is 24.0 Å². The van der Waals surface area contributed by atoms with Crippen LogP contribution < -0.4 is 0 Å². The molecule has 1 aromatic carbocycles. The number of likely N-dealkylation sites (tertiary alicyclic amines) is 1. The van der Waals surface area contributed by atoms with E-state index in [0.29, 0.717) is 43.6 Å². The summed E-state index contributed by atoms with van der Waals surface area (Å²) in [5, 5.41) is 7.22. The molecule has 2 aliphatic heterocycles. The van der Waals surface area contributed by atoms with Crippen molar-refractivity contribution in [2.45, 2.75) is 51.2 Å². The fourth-order valence-electron chi connectivity index (χ4n) is 4.23. The predicted molar refractivity (Wildman–Crippen MR) is 95.5 cm³/mol. The zero-order chi connectivity index (χ0) is 19.1. The van der Waals surface area contributed by atoms with Crippen LogP contribution >= 0.6 is 0 Å². The van der Waals surface area contributed by atoms with Gasteiger partial charge in [-0.25, -0.2) is 8.78 Å². The second-order valence-electron chi connectivity index (χ2n) is 7.53. The normalized spacial score (nSPS) is 23.3. The van der Waals surface area contributed by atoms with Gasteiger partial charge in [0, 0.05) is 31.1 Å². The van der Waals surface area contributed by atoms with Gasteiger partial charge in [-0.2, -0.15) is 5.10 Å². The number of nitrogens with zero attached hydrogens (tertiary/aromatic N) is 2. The summed E-state index contributed by atoms with van der Waals surface area (Å²) in [7, 11) is 0. The number of aromatic nitrogens is 2. The third kappa shape index (κ3) is 3.48. The molecule has 7 heteroatoms. The average molecular weight is 375 g/mol. The Bertz CT molecular complexity index is 839. The maximum absolute atomic E-state index is 13.5. The molecule has 1 saturated heterocycles. The maximum Gasteiger partial charge on any atom is 0.274 e. The number of fused-ring (bicyclic) bond motifs is 1. The third-order valence-corrected chi connectivity index (χ3v) is 5.57. The molecule has 1 fully saturated rings. The van der Waals surface area contributed by atoms with Gasteiger partial charge in [-0.1, -0.05) is 0 Å². The lowest BCUT2D eigenvalue weighted by Crippen LogP contribution is -2.39. The number of hydrogen-bond donors (Lipinski definition) is 1. The van der Waals surface area contributed by atoms with Crippen molar-refractivity contribution < 1.29 is 18.3 Å². The molecule has 1 N–H and O–H groups in total. The minimum Gasteiger partial charge on any atom is -0.369 e. The van der Waals surface area contributed by atoms with Crippen molar-refractivity contribution in [3.63, 3.8) is 0 Å². The van der Waals surface area contributed by atoms with E-state index in [9.17, 15) is 13.6 Å². The Morgan fingerprint density at radius 1 is 1.19 bits per heavy atom. The highest BCUT2D eigenvalue weighted by Crippen LogP contribution is 2.33. The molecule has 2 atom stereocenters. The average Bonchev–Trinajstić information content (AvgIpc) is 3.04. The Hall–Kier alpha value is -2.28. The lowest BCUT2D eigenvalue weighted by Gasteiger charge is -2.32. The molecule has 1 aromatic heterocycles. The Kier molecular flexibility index (Phi) is 4.72. The number of rotatable bonds is 2. The summed E-state index contributed by atoms with van der Waals surface area (Å²) >= 11 is 0. The summed E-state index contributed by atoms with van der Waals surface area (Å²) in [5.74, 6) is -1.15. The van der Waals surface area contributed by atoms with E-state index in [2.05, 4.69) is 10.2 Å².